The van der Waals surface area contributed by atoms with E-state index in [-0.39, 0.29) is 6.09 Å². The Morgan fingerprint density at radius 2 is 2.18 bits per heavy atom. The Morgan fingerprint density at radius 3 is 2.82 bits per heavy atom. The second-order valence-corrected chi connectivity index (χ2v) is 6.87. The molecule has 1 saturated heterocycles. The number of nitrogens with one attached hydrogen (secondary N) is 1. The number of carbonyl (C=O) groups excluding carboxylic acids is 1. The van der Waals surface area contributed by atoms with Crippen LogP contribution < -0.4 is 10.2 Å². The van der Waals surface area contributed by atoms with Gasteiger partial charge in [-0.05, 0) is 58.6 Å². The molecule has 22 heavy (non-hydrogen) atoms. The van der Waals surface area contributed by atoms with E-state index >= 15 is 0 Å². The minimum absolute atomic E-state index is 0.347. The zero-order chi connectivity index (χ0) is 16.2. The van der Waals surface area contributed by atoms with Crippen molar-refractivity contribution in [2.45, 2.75) is 46.1 Å². The number of rotatable bonds is 3. The third-order valence-electron chi connectivity index (χ3n) is 3.56. The molecule has 1 aliphatic heterocycles. The number of alkyl carbamates (subject to hydrolysis) is 1. The van der Waals surface area contributed by atoms with Crippen LogP contribution in [0, 0.1) is 12.8 Å². The zero-order valence-electron chi connectivity index (χ0n) is 13.9. The van der Waals surface area contributed by atoms with Gasteiger partial charge in [0.15, 0.2) is 5.82 Å². The highest BCUT2D eigenvalue weighted by Crippen LogP contribution is 2.20. The largest absolute Gasteiger partial charge is 0.444 e. The standard InChI is InChI=1S/C16H26N4O2/c1-12-7-8-14(19-18-12)20-9-5-6-13(11-20)10-17-15(21)22-16(2,3)4/h7-8,13H,5-6,9-11H2,1-4H3,(H,17,21)/t13-/m0/s1. The summed E-state index contributed by atoms with van der Waals surface area (Å²) in [5.41, 5.74) is 0.462. The Balaban J connectivity index is 1.83. The van der Waals surface area contributed by atoms with Crippen molar-refractivity contribution in [2.75, 3.05) is 24.5 Å². The minimum atomic E-state index is -0.458. The molecule has 6 heteroatoms. The first-order valence-electron chi connectivity index (χ1n) is 7.85. The summed E-state index contributed by atoms with van der Waals surface area (Å²) >= 11 is 0. The molecule has 6 nitrogen and oxygen atoms in total. The zero-order valence-corrected chi connectivity index (χ0v) is 13.9. The summed E-state index contributed by atoms with van der Waals surface area (Å²) in [6.45, 7) is 10.0. The molecule has 1 fully saturated rings. The van der Waals surface area contributed by atoms with Crippen LogP contribution in [0.25, 0.3) is 0 Å². The Bertz CT molecular complexity index is 496. The molecule has 2 rings (SSSR count). The van der Waals surface area contributed by atoms with Gasteiger partial charge in [0.05, 0.1) is 5.69 Å². The maximum atomic E-state index is 11.7. The Kier molecular flexibility index (Phi) is 5.21. The molecule has 1 aromatic heterocycles. The van der Waals surface area contributed by atoms with Crippen LogP contribution in [0.3, 0.4) is 0 Å². The molecule has 1 atom stereocenters. The molecule has 122 valence electrons. The first-order chi connectivity index (χ1) is 10.3. The summed E-state index contributed by atoms with van der Waals surface area (Å²) < 4.78 is 5.27. The number of aromatic nitrogens is 2. The van der Waals surface area contributed by atoms with Crippen LogP contribution >= 0.6 is 0 Å². The molecule has 0 radical (unpaired) electrons. The predicted octanol–water partition coefficient (Wildman–Crippen LogP) is 2.53. The van der Waals surface area contributed by atoms with Gasteiger partial charge in [0, 0.05) is 19.6 Å². The summed E-state index contributed by atoms with van der Waals surface area (Å²) in [6, 6.07) is 3.98. The molecule has 1 aliphatic rings. The van der Waals surface area contributed by atoms with Crippen molar-refractivity contribution >= 4 is 11.9 Å². The van der Waals surface area contributed by atoms with Crippen LogP contribution in [-0.4, -0.2) is 41.5 Å². The highest BCUT2D eigenvalue weighted by molar-refractivity contribution is 5.67. The average molecular weight is 306 g/mol. The number of ether oxygens (including phenoxy) is 1. The third-order valence-corrected chi connectivity index (χ3v) is 3.56. The van der Waals surface area contributed by atoms with Crippen LogP contribution in [-0.2, 0) is 4.74 Å². The molecule has 1 N–H and O–H groups in total. The van der Waals surface area contributed by atoms with E-state index in [1.807, 2.05) is 39.8 Å². The Morgan fingerprint density at radius 1 is 1.41 bits per heavy atom. The molecule has 0 aromatic carbocycles. The molecule has 2 heterocycles. The molecular formula is C16H26N4O2. The monoisotopic (exact) mass is 306 g/mol. The van der Waals surface area contributed by atoms with Gasteiger partial charge in [-0.15, -0.1) is 5.10 Å². The molecule has 1 aromatic rings. The second-order valence-electron chi connectivity index (χ2n) is 6.87. The molecule has 1 amide bonds. The van der Waals surface area contributed by atoms with Crippen LogP contribution in [0.5, 0.6) is 0 Å². The SMILES string of the molecule is Cc1ccc(N2CCC[C@@H](CNC(=O)OC(C)(C)C)C2)nn1. The molecular weight excluding hydrogens is 280 g/mol. The van der Waals surface area contributed by atoms with E-state index in [0.717, 1.165) is 37.4 Å². The van der Waals surface area contributed by atoms with Crippen LogP contribution in [0.4, 0.5) is 10.6 Å². The maximum Gasteiger partial charge on any atom is 0.407 e. The molecule has 0 spiro atoms. The van der Waals surface area contributed by atoms with Crippen molar-refractivity contribution in [1.29, 1.82) is 0 Å². The van der Waals surface area contributed by atoms with Crippen molar-refractivity contribution in [2.24, 2.45) is 5.92 Å². The lowest BCUT2D eigenvalue weighted by molar-refractivity contribution is 0.0517. The number of carbonyl (C=O) groups is 1. The summed E-state index contributed by atoms with van der Waals surface area (Å²) in [7, 11) is 0. The quantitative estimate of drug-likeness (QED) is 0.929. The number of piperidine rings is 1. The fraction of sp³-hybridized carbons (Fsp3) is 0.688. The van der Waals surface area contributed by atoms with E-state index in [0.29, 0.717) is 12.5 Å². The van der Waals surface area contributed by atoms with E-state index in [2.05, 4.69) is 20.4 Å². The number of hydrogen-bond acceptors (Lipinski definition) is 5. The Hall–Kier alpha value is -1.85. The molecule has 0 aliphatic carbocycles. The van der Waals surface area contributed by atoms with Gasteiger partial charge in [0.25, 0.3) is 0 Å². The van der Waals surface area contributed by atoms with E-state index < -0.39 is 5.60 Å². The van der Waals surface area contributed by atoms with E-state index in [1.54, 1.807) is 0 Å². The molecule has 0 bridgehead atoms. The van der Waals surface area contributed by atoms with Gasteiger partial charge in [0.2, 0.25) is 0 Å². The summed E-state index contributed by atoms with van der Waals surface area (Å²) in [4.78, 5) is 14.0. The van der Waals surface area contributed by atoms with Crippen LogP contribution in [0.15, 0.2) is 12.1 Å². The maximum absolute atomic E-state index is 11.7. The molecule has 0 unspecified atom stereocenters. The summed E-state index contributed by atoms with van der Waals surface area (Å²) in [5.74, 6) is 1.32. The lowest BCUT2D eigenvalue weighted by Gasteiger charge is -2.33. The van der Waals surface area contributed by atoms with E-state index in [1.165, 1.54) is 0 Å². The lowest BCUT2D eigenvalue weighted by Crippen LogP contribution is -2.42. The van der Waals surface area contributed by atoms with Gasteiger partial charge in [-0.25, -0.2) is 4.79 Å². The normalized spacial score (nSPS) is 18.9. The van der Waals surface area contributed by atoms with Gasteiger partial charge in [-0.3, -0.25) is 0 Å². The van der Waals surface area contributed by atoms with Crippen molar-refractivity contribution in [1.82, 2.24) is 15.5 Å². The highest BCUT2D eigenvalue weighted by Gasteiger charge is 2.23. The predicted molar refractivity (Wildman–Crippen MR) is 85.9 cm³/mol. The number of anilines is 1. The fourth-order valence-electron chi connectivity index (χ4n) is 2.54. The topological polar surface area (TPSA) is 67.4 Å². The number of nitrogens with zero attached hydrogens (tertiary/aromatic N) is 3. The van der Waals surface area contributed by atoms with Crippen molar-refractivity contribution in [3.05, 3.63) is 17.8 Å². The first kappa shape index (κ1) is 16.5. The number of aryl methyl sites for hydroxylation is 1. The average Bonchev–Trinajstić information content (AvgIpc) is 2.44. The van der Waals surface area contributed by atoms with E-state index in [4.69, 9.17) is 4.74 Å². The van der Waals surface area contributed by atoms with Crippen molar-refractivity contribution in [3.63, 3.8) is 0 Å². The summed E-state index contributed by atoms with van der Waals surface area (Å²) in [5, 5.41) is 11.2. The number of amides is 1. The van der Waals surface area contributed by atoms with Gasteiger partial charge in [0.1, 0.15) is 5.60 Å². The third kappa shape index (κ3) is 5.16. The summed E-state index contributed by atoms with van der Waals surface area (Å²) in [6.07, 6.45) is 1.85. The van der Waals surface area contributed by atoms with Crippen LogP contribution in [0.1, 0.15) is 39.3 Å². The van der Waals surface area contributed by atoms with Crippen molar-refractivity contribution in [3.8, 4) is 0 Å². The number of hydrogen-bond donors (Lipinski definition) is 1. The highest BCUT2D eigenvalue weighted by atomic mass is 16.6. The smallest absolute Gasteiger partial charge is 0.407 e. The Labute approximate surface area is 132 Å². The first-order valence-corrected chi connectivity index (χ1v) is 7.85. The van der Waals surface area contributed by atoms with Gasteiger partial charge in [-0.2, -0.15) is 5.10 Å². The van der Waals surface area contributed by atoms with Gasteiger partial charge >= 0.3 is 6.09 Å². The van der Waals surface area contributed by atoms with E-state index in [9.17, 15) is 4.79 Å². The second kappa shape index (κ2) is 6.94. The van der Waals surface area contributed by atoms with Gasteiger partial charge in [-0.1, -0.05) is 0 Å². The minimum Gasteiger partial charge on any atom is -0.444 e. The lowest BCUT2D eigenvalue weighted by atomic mass is 9.98. The fourth-order valence-corrected chi connectivity index (χ4v) is 2.54. The van der Waals surface area contributed by atoms with Gasteiger partial charge < -0.3 is 15.0 Å². The van der Waals surface area contributed by atoms with Crippen molar-refractivity contribution < 1.29 is 9.53 Å². The van der Waals surface area contributed by atoms with Crippen LogP contribution in [0.2, 0.25) is 0 Å². The molecule has 0 saturated carbocycles.